The fraction of sp³-hybridized carbons (Fsp3) is 0.320. The van der Waals surface area contributed by atoms with Crippen LogP contribution in [0.25, 0.3) is 0 Å². The van der Waals surface area contributed by atoms with E-state index in [0.717, 1.165) is 29.0 Å². The Morgan fingerprint density at radius 1 is 1.03 bits per heavy atom. The number of amides is 1. The third-order valence-electron chi connectivity index (χ3n) is 5.65. The zero-order valence-corrected chi connectivity index (χ0v) is 18.3. The molecule has 0 bridgehead atoms. The van der Waals surface area contributed by atoms with E-state index in [9.17, 15) is 4.79 Å². The van der Waals surface area contributed by atoms with Crippen molar-refractivity contribution >= 4 is 11.6 Å². The minimum Gasteiger partial charge on any atom is -0.267 e. The van der Waals surface area contributed by atoms with Crippen molar-refractivity contribution < 1.29 is 4.79 Å². The molecule has 0 aliphatic carbocycles. The first kappa shape index (κ1) is 20.1. The van der Waals surface area contributed by atoms with Crippen molar-refractivity contribution in [1.29, 1.82) is 0 Å². The molecule has 0 radical (unpaired) electrons. The van der Waals surface area contributed by atoms with Crippen LogP contribution in [-0.2, 0) is 6.54 Å². The maximum atomic E-state index is 13.4. The van der Waals surface area contributed by atoms with Crippen LogP contribution in [0.15, 0.2) is 59.8 Å². The van der Waals surface area contributed by atoms with Gasteiger partial charge in [0.05, 0.1) is 29.6 Å². The zero-order valence-electron chi connectivity index (χ0n) is 18.3. The summed E-state index contributed by atoms with van der Waals surface area (Å²) in [6.07, 6.45) is 2.39. The number of benzene rings is 2. The predicted octanol–water partition coefficient (Wildman–Crippen LogP) is 4.89. The van der Waals surface area contributed by atoms with E-state index in [0.29, 0.717) is 12.1 Å². The molecule has 4 rings (SSSR count). The van der Waals surface area contributed by atoms with Gasteiger partial charge in [0, 0.05) is 12.1 Å². The van der Waals surface area contributed by atoms with E-state index in [2.05, 4.69) is 63.1 Å². The Hall–Kier alpha value is -3.21. The normalized spacial score (nSPS) is 15.4. The predicted molar refractivity (Wildman–Crippen MR) is 120 cm³/mol. The summed E-state index contributed by atoms with van der Waals surface area (Å²) in [5.41, 5.74) is 6.67. The van der Waals surface area contributed by atoms with Crippen molar-refractivity contribution in [3.8, 4) is 0 Å². The summed E-state index contributed by atoms with van der Waals surface area (Å²) in [4.78, 5) is 13.4. The van der Waals surface area contributed by atoms with Crippen molar-refractivity contribution in [2.75, 3.05) is 0 Å². The van der Waals surface area contributed by atoms with Gasteiger partial charge in [0.15, 0.2) is 0 Å². The van der Waals surface area contributed by atoms with E-state index in [1.54, 1.807) is 11.2 Å². The molecule has 1 aliphatic heterocycles. The smallest absolute Gasteiger partial charge is 0.267 e. The number of hydrazone groups is 1. The molecule has 0 spiro atoms. The Kier molecular flexibility index (Phi) is 5.06. The zero-order chi connectivity index (χ0) is 21.5. The fourth-order valence-electron chi connectivity index (χ4n) is 4.08. The Morgan fingerprint density at radius 3 is 2.37 bits per heavy atom. The highest BCUT2D eigenvalue weighted by Crippen LogP contribution is 2.32. The molecule has 0 N–H and O–H groups in total. The summed E-state index contributed by atoms with van der Waals surface area (Å²) in [6.45, 7) is 10.9. The van der Waals surface area contributed by atoms with Gasteiger partial charge in [-0.25, -0.2) is 5.01 Å². The lowest BCUT2D eigenvalue weighted by Crippen LogP contribution is -2.41. The minimum atomic E-state index is -0.391. The third-order valence-corrected chi connectivity index (χ3v) is 5.65. The van der Waals surface area contributed by atoms with E-state index >= 15 is 0 Å². The molecule has 0 saturated carbocycles. The lowest BCUT2D eigenvalue weighted by molar-refractivity contribution is 0.0611. The van der Waals surface area contributed by atoms with Crippen LogP contribution in [-0.4, -0.2) is 31.9 Å². The number of hydrogen-bond donors (Lipinski definition) is 0. The summed E-state index contributed by atoms with van der Waals surface area (Å²) >= 11 is 0. The van der Waals surface area contributed by atoms with E-state index in [-0.39, 0.29) is 5.91 Å². The van der Waals surface area contributed by atoms with Crippen LogP contribution in [0.3, 0.4) is 0 Å². The van der Waals surface area contributed by atoms with Crippen molar-refractivity contribution in [2.45, 2.75) is 53.1 Å². The molecule has 154 valence electrons. The highest BCUT2D eigenvalue weighted by Gasteiger charge is 2.39. The third kappa shape index (κ3) is 3.80. The van der Waals surface area contributed by atoms with Gasteiger partial charge in [-0.15, -0.1) is 0 Å². The average Bonchev–Trinajstić information content (AvgIpc) is 3.21. The van der Waals surface area contributed by atoms with Crippen LogP contribution >= 0.6 is 0 Å². The molecule has 1 aromatic heterocycles. The number of aromatic nitrogens is 2. The van der Waals surface area contributed by atoms with Gasteiger partial charge in [-0.05, 0) is 45.7 Å². The van der Waals surface area contributed by atoms with E-state index in [1.165, 1.54) is 11.1 Å². The van der Waals surface area contributed by atoms with Crippen molar-refractivity contribution in [2.24, 2.45) is 5.10 Å². The number of carbonyl (C=O) groups excluding carboxylic acids is 1. The minimum absolute atomic E-state index is 0.101. The number of hydrogen-bond acceptors (Lipinski definition) is 3. The second kappa shape index (κ2) is 7.56. The van der Waals surface area contributed by atoms with Crippen LogP contribution < -0.4 is 0 Å². The largest absolute Gasteiger partial charge is 0.277 e. The van der Waals surface area contributed by atoms with E-state index < -0.39 is 5.54 Å². The molecule has 5 heteroatoms. The second-order valence-corrected chi connectivity index (χ2v) is 8.82. The molecule has 0 saturated heterocycles. The first-order chi connectivity index (χ1) is 14.2. The molecule has 1 aliphatic rings. The van der Waals surface area contributed by atoms with Crippen LogP contribution in [0.2, 0.25) is 0 Å². The monoisotopic (exact) mass is 400 g/mol. The van der Waals surface area contributed by atoms with Gasteiger partial charge >= 0.3 is 0 Å². The van der Waals surface area contributed by atoms with Crippen LogP contribution in [0.5, 0.6) is 0 Å². The van der Waals surface area contributed by atoms with Crippen LogP contribution in [0.1, 0.15) is 58.6 Å². The number of carbonyl (C=O) groups is 1. The second-order valence-electron chi connectivity index (χ2n) is 8.82. The van der Waals surface area contributed by atoms with Gasteiger partial charge in [0.25, 0.3) is 5.91 Å². The molecular formula is C25H28N4O. The maximum Gasteiger partial charge on any atom is 0.277 e. The molecule has 2 heterocycles. The van der Waals surface area contributed by atoms with Crippen LogP contribution in [0.4, 0.5) is 0 Å². The molecule has 30 heavy (non-hydrogen) atoms. The lowest BCUT2D eigenvalue weighted by atomic mass is 9.93. The van der Waals surface area contributed by atoms with Gasteiger partial charge in [-0.2, -0.15) is 10.2 Å². The Morgan fingerprint density at radius 2 is 1.70 bits per heavy atom. The summed E-state index contributed by atoms with van der Waals surface area (Å²) < 4.78 is 1.88. The number of aryl methyl sites for hydroxylation is 2. The van der Waals surface area contributed by atoms with E-state index in [1.807, 2.05) is 29.8 Å². The van der Waals surface area contributed by atoms with Gasteiger partial charge < -0.3 is 0 Å². The first-order valence-electron chi connectivity index (χ1n) is 10.3. The molecule has 1 amide bonds. The Balaban J connectivity index is 1.63. The molecular weight excluding hydrogens is 372 g/mol. The Labute approximate surface area is 178 Å². The summed E-state index contributed by atoms with van der Waals surface area (Å²) in [5.74, 6) is -0.101. The molecule has 5 nitrogen and oxygen atoms in total. The maximum absolute atomic E-state index is 13.4. The Bertz CT molecular complexity index is 1110. The highest BCUT2D eigenvalue weighted by molar-refractivity contribution is 6.05. The summed E-state index contributed by atoms with van der Waals surface area (Å²) in [6, 6.07) is 16.6. The van der Waals surface area contributed by atoms with Crippen molar-refractivity contribution in [3.05, 3.63) is 88.2 Å². The van der Waals surface area contributed by atoms with E-state index in [4.69, 9.17) is 5.10 Å². The fourth-order valence-corrected chi connectivity index (χ4v) is 4.08. The summed E-state index contributed by atoms with van der Waals surface area (Å²) in [7, 11) is 0. The van der Waals surface area contributed by atoms with Gasteiger partial charge in [0.1, 0.15) is 0 Å². The molecule has 3 aromatic rings. The van der Waals surface area contributed by atoms with Crippen LogP contribution in [0, 0.1) is 20.8 Å². The standard InChI is InChI=1S/C25H28N4O/c1-17-11-18(2)13-21(12-17)23-14-25(4,5)29(27-23)24(30)22-15-26-28(19(22)3)16-20-9-7-6-8-10-20/h6-13,15H,14,16H2,1-5H3. The molecule has 0 unspecified atom stereocenters. The number of rotatable bonds is 4. The first-order valence-corrected chi connectivity index (χ1v) is 10.3. The van der Waals surface area contributed by atoms with Crippen molar-refractivity contribution in [3.63, 3.8) is 0 Å². The summed E-state index contributed by atoms with van der Waals surface area (Å²) in [5, 5.41) is 10.9. The van der Waals surface area contributed by atoms with Crippen molar-refractivity contribution in [1.82, 2.24) is 14.8 Å². The molecule has 0 atom stereocenters. The highest BCUT2D eigenvalue weighted by atomic mass is 16.2. The quantitative estimate of drug-likeness (QED) is 0.626. The van der Waals surface area contributed by atoms with Gasteiger partial charge in [-0.1, -0.05) is 59.7 Å². The average molecular weight is 401 g/mol. The number of nitrogens with zero attached hydrogens (tertiary/aromatic N) is 4. The lowest BCUT2D eigenvalue weighted by Gasteiger charge is -2.28. The molecule has 0 fully saturated rings. The van der Waals surface area contributed by atoms with Gasteiger partial charge in [0.2, 0.25) is 0 Å². The topological polar surface area (TPSA) is 50.5 Å². The van der Waals surface area contributed by atoms with Gasteiger partial charge in [-0.3, -0.25) is 9.48 Å². The SMILES string of the molecule is Cc1cc(C)cc(C2=NN(C(=O)c3cnn(Cc4ccccc4)c3C)C(C)(C)C2)c1. The molecule has 2 aromatic carbocycles.